The highest BCUT2D eigenvalue weighted by molar-refractivity contribution is 7.89. The summed E-state index contributed by atoms with van der Waals surface area (Å²) in [6, 6.07) is 12.9. The molecule has 6 nitrogen and oxygen atoms in total. The van der Waals surface area contributed by atoms with Crippen molar-refractivity contribution in [1.29, 1.82) is 0 Å². The van der Waals surface area contributed by atoms with Crippen LogP contribution in [0.1, 0.15) is 76.7 Å². The molecule has 0 amide bonds. The number of phenolic OH excluding ortho intramolecular Hbond substituents is 2. The summed E-state index contributed by atoms with van der Waals surface area (Å²) in [6.07, 6.45) is 11.0. The van der Waals surface area contributed by atoms with Gasteiger partial charge in [0.15, 0.2) is 0 Å². The molecule has 0 unspecified atom stereocenters. The molecule has 0 aliphatic carbocycles. The van der Waals surface area contributed by atoms with Crippen LogP contribution in [0, 0.1) is 6.92 Å². The van der Waals surface area contributed by atoms with E-state index in [0.717, 1.165) is 53.5 Å². The van der Waals surface area contributed by atoms with Gasteiger partial charge in [-0.3, -0.25) is 0 Å². The standard InChI is InChI=1S/C30H44N2O4S/c1-4-22-37(35,36)31(3)20-12-10-8-6-5-7-9-11-13-21-32-29-19-18-27(34)23-28(29)24(2)30(32)25-14-16-26(33)17-15-25/h14-19,23,33-34H,4-13,20-22H2,1-3H3. The zero-order valence-electron chi connectivity index (χ0n) is 22.7. The zero-order chi connectivity index (χ0) is 26.8. The number of aromatic hydroxyl groups is 2. The maximum Gasteiger partial charge on any atom is 0.213 e. The summed E-state index contributed by atoms with van der Waals surface area (Å²) in [5, 5.41) is 20.8. The van der Waals surface area contributed by atoms with Gasteiger partial charge in [0.25, 0.3) is 0 Å². The Morgan fingerprint density at radius 2 is 1.38 bits per heavy atom. The van der Waals surface area contributed by atoms with Crippen LogP contribution in [0.2, 0.25) is 0 Å². The van der Waals surface area contributed by atoms with E-state index in [9.17, 15) is 18.6 Å². The molecule has 1 aromatic heterocycles. The number of hydrogen-bond acceptors (Lipinski definition) is 4. The summed E-state index contributed by atoms with van der Waals surface area (Å²) in [6.45, 7) is 5.54. The number of sulfonamides is 1. The van der Waals surface area contributed by atoms with Crippen molar-refractivity contribution in [3.05, 3.63) is 48.0 Å². The molecule has 0 aliphatic heterocycles. The summed E-state index contributed by atoms with van der Waals surface area (Å²) in [7, 11) is -1.37. The predicted molar refractivity (Wildman–Crippen MR) is 154 cm³/mol. The molecule has 2 aromatic carbocycles. The van der Waals surface area contributed by atoms with E-state index in [1.807, 2.05) is 31.2 Å². The number of aryl methyl sites for hydroxylation is 2. The van der Waals surface area contributed by atoms with Crippen molar-refractivity contribution in [2.75, 3.05) is 19.3 Å². The van der Waals surface area contributed by atoms with Crippen LogP contribution in [-0.2, 0) is 16.6 Å². The van der Waals surface area contributed by atoms with E-state index < -0.39 is 10.0 Å². The van der Waals surface area contributed by atoms with Crippen LogP contribution in [0.3, 0.4) is 0 Å². The molecule has 0 saturated carbocycles. The first-order chi connectivity index (χ1) is 17.7. The molecule has 204 valence electrons. The number of nitrogens with zero attached hydrogens (tertiary/aromatic N) is 2. The highest BCUT2D eigenvalue weighted by Crippen LogP contribution is 2.36. The van der Waals surface area contributed by atoms with Gasteiger partial charge in [-0.1, -0.05) is 51.9 Å². The van der Waals surface area contributed by atoms with Crippen LogP contribution in [0.4, 0.5) is 0 Å². The lowest BCUT2D eigenvalue weighted by atomic mass is 10.1. The average molecular weight is 529 g/mol. The van der Waals surface area contributed by atoms with E-state index in [2.05, 4.69) is 11.5 Å². The molecule has 37 heavy (non-hydrogen) atoms. The van der Waals surface area contributed by atoms with Crippen molar-refractivity contribution in [2.24, 2.45) is 0 Å². The number of unbranched alkanes of at least 4 members (excludes halogenated alkanes) is 8. The zero-order valence-corrected chi connectivity index (χ0v) is 23.6. The van der Waals surface area contributed by atoms with Crippen LogP contribution < -0.4 is 0 Å². The normalized spacial score (nSPS) is 12.1. The molecule has 0 spiro atoms. The van der Waals surface area contributed by atoms with E-state index in [4.69, 9.17) is 0 Å². The van der Waals surface area contributed by atoms with Crippen LogP contribution in [0.5, 0.6) is 11.5 Å². The van der Waals surface area contributed by atoms with Gasteiger partial charge in [0, 0.05) is 31.0 Å². The molecule has 0 saturated heterocycles. The van der Waals surface area contributed by atoms with Crippen LogP contribution in [0.15, 0.2) is 42.5 Å². The summed E-state index contributed by atoms with van der Waals surface area (Å²) >= 11 is 0. The first-order valence-electron chi connectivity index (χ1n) is 13.8. The van der Waals surface area contributed by atoms with E-state index in [1.165, 1.54) is 42.8 Å². The second kappa shape index (κ2) is 13.9. The first-order valence-corrected chi connectivity index (χ1v) is 15.4. The molecule has 2 N–H and O–H groups in total. The Bertz CT molecular complexity index is 1230. The molecule has 3 rings (SSSR count). The molecular weight excluding hydrogens is 484 g/mol. The molecule has 3 aromatic rings. The van der Waals surface area contributed by atoms with Crippen molar-refractivity contribution < 1.29 is 18.6 Å². The van der Waals surface area contributed by atoms with Gasteiger partial charge in [-0.15, -0.1) is 0 Å². The van der Waals surface area contributed by atoms with Gasteiger partial charge in [-0.25, -0.2) is 12.7 Å². The number of hydrogen-bond donors (Lipinski definition) is 2. The highest BCUT2D eigenvalue weighted by Gasteiger charge is 2.17. The minimum Gasteiger partial charge on any atom is -0.508 e. The highest BCUT2D eigenvalue weighted by atomic mass is 32.2. The maximum absolute atomic E-state index is 12.0. The van der Waals surface area contributed by atoms with Crippen molar-refractivity contribution in [3.8, 4) is 22.8 Å². The Kier molecular flexibility index (Phi) is 10.9. The quantitative estimate of drug-likeness (QED) is 0.192. The second-order valence-corrected chi connectivity index (χ2v) is 12.4. The van der Waals surface area contributed by atoms with Crippen molar-refractivity contribution >= 4 is 20.9 Å². The number of rotatable bonds is 16. The fourth-order valence-corrected chi connectivity index (χ4v) is 6.36. The van der Waals surface area contributed by atoms with Gasteiger partial charge in [-0.2, -0.15) is 0 Å². The predicted octanol–water partition coefficient (Wildman–Crippen LogP) is 7.21. The Morgan fingerprint density at radius 1 is 0.811 bits per heavy atom. The lowest BCUT2D eigenvalue weighted by molar-refractivity contribution is 0.447. The Hall–Kier alpha value is -2.51. The van der Waals surface area contributed by atoms with Crippen molar-refractivity contribution in [1.82, 2.24) is 8.87 Å². The first kappa shape index (κ1) is 29.1. The SMILES string of the molecule is CCCS(=O)(=O)N(C)CCCCCCCCCCCn1c(-c2ccc(O)cc2)c(C)c2cc(O)ccc21. The topological polar surface area (TPSA) is 82.8 Å². The molecule has 0 atom stereocenters. The second-order valence-electron chi connectivity index (χ2n) is 10.2. The number of aromatic nitrogens is 1. The average Bonchev–Trinajstić information content (AvgIpc) is 3.13. The molecule has 1 heterocycles. The number of fused-ring (bicyclic) bond motifs is 1. The Morgan fingerprint density at radius 3 is 2.00 bits per heavy atom. The number of benzene rings is 2. The van der Waals surface area contributed by atoms with Gasteiger partial charge in [0.1, 0.15) is 11.5 Å². The maximum atomic E-state index is 12.0. The lowest BCUT2D eigenvalue weighted by Gasteiger charge is -2.16. The largest absolute Gasteiger partial charge is 0.508 e. The summed E-state index contributed by atoms with van der Waals surface area (Å²) in [4.78, 5) is 0. The minimum absolute atomic E-state index is 0.241. The third-order valence-electron chi connectivity index (χ3n) is 7.23. The van der Waals surface area contributed by atoms with E-state index >= 15 is 0 Å². The molecule has 0 bridgehead atoms. The molecule has 7 heteroatoms. The molecule has 0 radical (unpaired) electrons. The van der Waals surface area contributed by atoms with Gasteiger partial charge >= 0.3 is 0 Å². The van der Waals surface area contributed by atoms with E-state index in [-0.39, 0.29) is 17.3 Å². The summed E-state index contributed by atoms with van der Waals surface area (Å²) in [5.74, 6) is 0.776. The monoisotopic (exact) mass is 528 g/mol. The van der Waals surface area contributed by atoms with Gasteiger partial charge in [0.2, 0.25) is 10.0 Å². The minimum atomic E-state index is -3.06. The van der Waals surface area contributed by atoms with Gasteiger partial charge in [-0.05, 0) is 79.8 Å². The van der Waals surface area contributed by atoms with Crippen molar-refractivity contribution in [3.63, 3.8) is 0 Å². The third-order valence-corrected chi connectivity index (χ3v) is 9.29. The fraction of sp³-hybridized carbons (Fsp3) is 0.533. The smallest absolute Gasteiger partial charge is 0.213 e. The molecular formula is C30H44N2O4S. The van der Waals surface area contributed by atoms with Crippen LogP contribution in [0.25, 0.3) is 22.2 Å². The molecule has 0 aliphatic rings. The van der Waals surface area contributed by atoms with E-state index in [1.54, 1.807) is 25.2 Å². The fourth-order valence-electron chi connectivity index (χ4n) is 5.13. The number of phenols is 2. The van der Waals surface area contributed by atoms with Gasteiger partial charge < -0.3 is 14.8 Å². The third kappa shape index (κ3) is 7.99. The summed E-state index contributed by atoms with van der Waals surface area (Å²) in [5.41, 5.74) is 4.49. The Labute approximate surface area is 223 Å². The van der Waals surface area contributed by atoms with Crippen molar-refractivity contribution in [2.45, 2.75) is 84.6 Å². The molecule has 0 fully saturated rings. The van der Waals surface area contributed by atoms with Crippen LogP contribution in [-0.4, -0.2) is 46.8 Å². The summed E-state index contributed by atoms with van der Waals surface area (Å²) < 4.78 is 27.9. The lowest BCUT2D eigenvalue weighted by Crippen LogP contribution is -2.29. The van der Waals surface area contributed by atoms with Gasteiger partial charge in [0.05, 0.1) is 11.4 Å². The van der Waals surface area contributed by atoms with E-state index in [0.29, 0.717) is 13.0 Å². The van der Waals surface area contributed by atoms with Crippen LogP contribution >= 0.6 is 0 Å². The Balaban J connectivity index is 1.42.